The SMILES string of the molecule is Cc1ccccc1-n1nc(C(C)(C)C)cc1Nc1cc(-n2ccnc2)ccc1C(=O)O. The molecule has 0 aliphatic carbocycles. The van der Waals surface area contributed by atoms with Crippen molar-refractivity contribution >= 4 is 17.5 Å². The predicted molar refractivity (Wildman–Crippen MR) is 121 cm³/mol. The maximum atomic E-state index is 11.9. The fourth-order valence-corrected chi connectivity index (χ4v) is 3.35. The average Bonchev–Trinajstić information content (AvgIpc) is 3.38. The molecule has 2 N–H and O–H groups in total. The molecule has 0 aliphatic rings. The molecular formula is C24H25N5O2. The molecule has 0 spiro atoms. The van der Waals surface area contributed by atoms with Crippen LogP contribution in [0, 0.1) is 6.92 Å². The van der Waals surface area contributed by atoms with Gasteiger partial charge in [0.2, 0.25) is 0 Å². The van der Waals surface area contributed by atoms with E-state index in [0.29, 0.717) is 11.5 Å². The van der Waals surface area contributed by atoms with Crippen LogP contribution in [0.5, 0.6) is 0 Å². The number of anilines is 2. The van der Waals surface area contributed by atoms with E-state index in [1.807, 2.05) is 52.7 Å². The van der Waals surface area contributed by atoms with E-state index in [4.69, 9.17) is 5.10 Å². The summed E-state index contributed by atoms with van der Waals surface area (Å²) < 4.78 is 3.67. The molecule has 4 rings (SSSR count). The molecule has 2 heterocycles. The zero-order chi connectivity index (χ0) is 22.2. The third kappa shape index (κ3) is 4.07. The molecule has 0 bridgehead atoms. The summed E-state index contributed by atoms with van der Waals surface area (Å²) in [5.74, 6) is -0.304. The molecule has 158 valence electrons. The Labute approximate surface area is 181 Å². The highest BCUT2D eigenvalue weighted by atomic mass is 16.4. The Kier molecular flexibility index (Phi) is 5.10. The Balaban J connectivity index is 1.85. The summed E-state index contributed by atoms with van der Waals surface area (Å²) in [6.45, 7) is 8.33. The highest BCUT2D eigenvalue weighted by Gasteiger charge is 2.22. The lowest BCUT2D eigenvalue weighted by molar-refractivity contribution is 0.0698. The van der Waals surface area contributed by atoms with Crippen molar-refractivity contribution in [1.29, 1.82) is 0 Å². The number of aryl methyl sites for hydroxylation is 1. The van der Waals surface area contributed by atoms with E-state index in [2.05, 4.69) is 31.1 Å². The number of imidazole rings is 1. The number of para-hydroxylation sites is 1. The Bertz CT molecular complexity index is 1230. The lowest BCUT2D eigenvalue weighted by atomic mass is 9.92. The molecule has 0 atom stereocenters. The molecule has 0 radical (unpaired) electrons. The average molecular weight is 415 g/mol. The van der Waals surface area contributed by atoms with Crippen LogP contribution in [-0.4, -0.2) is 30.4 Å². The molecule has 0 unspecified atom stereocenters. The maximum Gasteiger partial charge on any atom is 0.337 e. The molecule has 0 aliphatic heterocycles. The molecule has 0 fully saturated rings. The maximum absolute atomic E-state index is 11.9. The molecule has 7 nitrogen and oxygen atoms in total. The van der Waals surface area contributed by atoms with Crippen LogP contribution in [0.3, 0.4) is 0 Å². The lowest BCUT2D eigenvalue weighted by Crippen LogP contribution is -2.13. The van der Waals surface area contributed by atoms with Crippen LogP contribution in [0.2, 0.25) is 0 Å². The van der Waals surface area contributed by atoms with Gasteiger partial charge in [0.1, 0.15) is 5.82 Å². The molecule has 0 amide bonds. The van der Waals surface area contributed by atoms with E-state index >= 15 is 0 Å². The number of aromatic carboxylic acids is 1. The molecular weight excluding hydrogens is 390 g/mol. The van der Waals surface area contributed by atoms with Gasteiger partial charge in [-0.25, -0.2) is 14.5 Å². The number of hydrogen-bond donors (Lipinski definition) is 2. The van der Waals surface area contributed by atoms with Gasteiger partial charge in [0.25, 0.3) is 0 Å². The van der Waals surface area contributed by atoms with Gasteiger partial charge in [-0.15, -0.1) is 0 Å². The summed E-state index contributed by atoms with van der Waals surface area (Å²) in [4.78, 5) is 16.0. The number of carbonyl (C=O) groups is 1. The van der Waals surface area contributed by atoms with Crippen molar-refractivity contribution in [3.05, 3.63) is 84.1 Å². The molecule has 4 aromatic rings. The van der Waals surface area contributed by atoms with Crippen LogP contribution < -0.4 is 5.32 Å². The number of carboxylic acids is 1. The molecule has 31 heavy (non-hydrogen) atoms. The van der Waals surface area contributed by atoms with Crippen LogP contribution in [0.1, 0.15) is 42.4 Å². The number of aromatic nitrogens is 4. The topological polar surface area (TPSA) is 85.0 Å². The van der Waals surface area contributed by atoms with Crippen LogP contribution in [-0.2, 0) is 5.41 Å². The minimum absolute atomic E-state index is 0.168. The zero-order valence-electron chi connectivity index (χ0n) is 18.0. The normalized spacial score (nSPS) is 11.5. The van der Waals surface area contributed by atoms with E-state index in [0.717, 1.165) is 22.6 Å². The Morgan fingerprint density at radius 1 is 1.10 bits per heavy atom. The third-order valence-electron chi connectivity index (χ3n) is 5.12. The van der Waals surface area contributed by atoms with Gasteiger partial charge in [-0.3, -0.25) is 0 Å². The smallest absolute Gasteiger partial charge is 0.337 e. The van der Waals surface area contributed by atoms with Gasteiger partial charge in [-0.05, 0) is 36.8 Å². The summed E-state index contributed by atoms with van der Waals surface area (Å²) >= 11 is 0. The number of nitrogens with zero attached hydrogens (tertiary/aromatic N) is 4. The molecule has 0 saturated carbocycles. The second-order valence-electron chi connectivity index (χ2n) is 8.49. The number of rotatable bonds is 5. The second kappa shape index (κ2) is 7.75. The fraction of sp³-hybridized carbons (Fsp3) is 0.208. The fourth-order valence-electron chi connectivity index (χ4n) is 3.35. The van der Waals surface area contributed by atoms with Crippen LogP contribution in [0.25, 0.3) is 11.4 Å². The number of nitrogens with one attached hydrogen (secondary N) is 1. The highest BCUT2D eigenvalue weighted by molar-refractivity contribution is 5.95. The number of hydrogen-bond acceptors (Lipinski definition) is 4. The summed E-state index contributed by atoms with van der Waals surface area (Å²) in [7, 11) is 0. The molecule has 7 heteroatoms. The van der Waals surface area contributed by atoms with Crippen molar-refractivity contribution in [3.8, 4) is 11.4 Å². The van der Waals surface area contributed by atoms with Crippen LogP contribution in [0.15, 0.2) is 67.3 Å². The highest BCUT2D eigenvalue weighted by Crippen LogP contribution is 2.31. The summed E-state index contributed by atoms with van der Waals surface area (Å²) in [5, 5.41) is 17.9. The first kappa shape index (κ1) is 20.4. The number of carboxylic acid groups (broad SMARTS) is 1. The van der Waals surface area contributed by atoms with E-state index in [9.17, 15) is 9.90 Å². The first-order valence-electron chi connectivity index (χ1n) is 10.0. The monoisotopic (exact) mass is 415 g/mol. The van der Waals surface area contributed by atoms with Crippen LogP contribution in [0.4, 0.5) is 11.5 Å². The Morgan fingerprint density at radius 3 is 2.52 bits per heavy atom. The summed E-state index contributed by atoms with van der Waals surface area (Å²) in [5.41, 5.74) is 4.21. The Morgan fingerprint density at radius 2 is 1.87 bits per heavy atom. The second-order valence-corrected chi connectivity index (χ2v) is 8.49. The quantitative estimate of drug-likeness (QED) is 0.473. The predicted octanol–water partition coefficient (Wildman–Crippen LogP) is 5.11. The standard InChI is InChI=1S/C24H25N5O2/c1-16-7-5-6-8-20(16)29-22(14-21(27-29)24(2,3)4)26-19-13-17(28-12-11-25-15-28)9-10-18(19)23(30)31/h5-15,26H,1-4H3,(H,30,31). The zero-order valence-corrected chi connectivity index (χ0v) is 18.0. The minimum atomic E-state index is -1.00. The third-order valence-corrected chi connectivity index (χ3v) is 5.12. The van der Waals surface area contributed by atoms with Crippen molar-refractivity contribution in [2.45, 2.75) is 33.1 Å². The van der Waals surface area contributed by atoms with Gasteiger partial charge < -0.3 is 15.0 Å². The van der Waals surface area contributed by atoms with Crippen molar-refractivity contribution < 1.29 is 9.90 Å². The van der Waals surface area contributed by atoms with Crippen LogP contribution >= 0.6 is 0 Å². The first-order chi connectivity index (χ1) is 14.7. The van der Waals surface area contributed by atoms with E-state index in [-0.39, 0.29) is 11.0 Å². The van der Waals surface area contributed by atoms with E-state index in [1.54, 1.807) is 30.7 Å². The first-order valence-corrected chi connectivity index (χ1v) is 10.0. The molecule has 2 aromatic carbocycles. The summed E-state index contributed by atoms with van der Waals surface area (Å²) in [6.07, 6.45) is 5.17. The lowest BCUT2D eigenvalue weighted by Gasteiger charge is -2.15. The van der Waals surface area contributed by atoms with Gasteiger partial charge >= 0.3 is 5.97 Å². The van der Waals surface area contributed by atoms with Gasteiger partial charge in [-0.2, -0.15) is 5.10 Å². The summed E-state index contributed by atoms with van der Waals surface area (Å²) in [6, 6.07) is 15.1. The van der Waals surface area contributed by atoms with Gasteiger partial charge in [0, 0.05) is 29.6 Å². The minimum Gasteiger partial charge on any atom is -0.478 e. The molecule has 0 saturated heterocycles. The van der Waals surface area contributed by atoms with Crippen molar-refractivity contribution in [3.63, 3.8) is 0 Å². The van der Waals surface area contributed by atoms with Gasteiger partial charge in [0.05, 0.1) is 29.0 Å². The van der Waals surface area contributed by atoms with Crippen molar-refractivity contribution in [1.82, 2.24) is 19.3 Å². The molecule has 2 aromatic heterocycles. The Hall–Kier alpha value is -3.87. The van der Waals surface area contributed by atoms with E-state index < -0.39 is 5.97 Å². The van der Waals surface area contributed by atoms with Crippen molar-refractivity contribution in [2.24, 2.45) is 0 Å². The van der Waals surface area contributed by atoms with Gasteiger partial charge in [-0.1, -0.05) is 39.0 Å². The van der Waals surface area contributed by atoms with E-state index in [1.165, 1.54) is 0 Å². The van der Waals surface area contributed by atoms with Gasteiger partial charge in [0.15, 0.2) is 0 Å². The number of benzene rings is 2. The largest absolute Gasteiger partial charge is 0.478 e. The van der Waals surface area contributed by atoms with Crippen molar-refractivity contribution in [2.75, 3.05) is 5.32 Å².